The molecule has 1 unspecified atom stereocenters. The van der Waals surface area contributed by atoms with Crippen LogP contribution in [0, 0.1) is 5.92 Å². The number of piperidine rings is 1. The number of nitrogens with zero attached hydrogens (tertiary/aromatic N) is 1. The van der Waals surface area contributed by atoms with Crippen molar-refractivity contribution in [2.24, 2.45) is 5.92 Å². The predicted molar refractivity (Wildman–Crippen MR) is 76.9 cm³/mol. The maximum atomic E-state index is 12.4. The Labute approximate surface area is 120 Å². The number of likely N-dealkylation sites (tertiary alicyclic amines) is 1. The summed E-state index contributed by atoms with van der Waals surface area (Å²) in [5.41, 5.74) is 0. The van der Waals surface area contributed by atoms with Crippen molar-refractivity contribution >= 4 is 11.8 Å². The summed E-state index contributed by atoms with van der Waals surface area (Å²) >= 11 is 0. The SMILES string of the molecule is CCC(C)[C@H](NC(=O)[C@H]1CCCCN1C)C(=O)NCO. The van der Waals surface area contributed by atoms with E-state index in [1.165, 1.54) is 0 Å². The molecule has 1 rings (SSSR count). The summed E-state index contributed by atoms with van der Waals surface area (Å²) < 4.78 is 0. The number of aliphatic hydroxyl groups is 1. The Morgan fingerprint density at radius 1 is 1.40 bits per heavy atom. The molecule has 1 fully saturated rings. The van der Waals surface area contributed by atoms with Crippen molar-refractivity contribution in [2.75, 3.05) is 20.3 Å². The van der Waals surface area contributed by atoms with Gasteiger partial charge in [-0.05, 0) is 32.4 Å². The molecule has 0 spiro atoms. The molecule has 0 aromatic carbocycles. The largest absolute Gasteiger partial charge is 0.376 e. The Balaban J connectivity index is 2.68. The zero-order chi connectivity index (χ0) is 15.1. The van der Waals surface area contributed by atoms with Gasteiger partial charge in [-0.1, -0.05) is 26.7 Å². The van der Waals surface area contributed by atoms with Crippen molar-refractivity contribution in [3.05, 3.63) is 0 Å². The molecule has 0 radical (unpaired) electrons. The highest BCUT2D eigenvalue weighted by Gasteiger charge is 2.31. The third-order valence-corrected chi connectivity index (χ3v) is 4.12. The minimum atomic E-state index is -0.588. The van der Waals surface area contributed by atoms with E-state index in [1.807, 2.05) is 25.8 Å². The summed E-state index contributed by atoms with van der Waals surface area (Å²) in [5, 5.41) is 14.0. The van der Waals surface area contributed by atoms with Crippen LogP contribution in [0.2, 0.25) is 0 Å². The van der Waals surface area contributed by atoms with Gasteiger partial charge in [0, 0.05) is 0 Å². The Morgan fingerprint density at radius 3 is 2.65 bits per heavy atom. The van der Waals surface area contributed by atoms with E-state index in [4.69, 9.17) is 5.11 Å². The van der Waals surface area contributed by atoms with Crippen molar-refractivity contribution in [3.63, 3.8) is 0 Å². The maximum absolute atomic E-state index is 12.4. The van der Waals surface area contributed by atoms with E-state index in [2.05, 4.69) is 10.6 Å². The van der Waals surface area contributed by atoms with Gasteiger partial charge >= 0.3 is 0 Å². The van der Waals surface area contributed by atoms with E-state index in [-0.39, 0.29) is 23.8 Å². The number of hydrogen-bond donors (Lipinski definition) is 3. The molecule has 116 valence electrons. The molecule has 2 amide bonds. The van der Waals surface area contributed by atoms with Crippen LogP contribution >= 0.6 is 0 Å². The molecule has 1 saturated heterocycles. The van der Waals surface area contributed by atoms with Crippen molar-refractivity contribution < 1.29 is 14.7 Å². The summed E-state index contributed by atoms with van der Waals surface area (Å²) in [4.78, 5) is 26.3. The standard InChI is InChI=1S/C14H27N3O3/c1-4-10(2)12(14(20)15-9-18)16-13(19)11-7-5-6-8-17(11)3/h10-12,18H,4-9H2,1-3H3,(H,15,20)(H,16,19)/t10?,11-,12+/m1/s1. The van der Waals surface area contributed by atoms with Gasteiger partial charge in [-0.25, -0.2) is 0 Å². The lowest BCUT2D eigenvalue weighted by Gasteiger charge is -2.33. The highest BCUT2D eigenvalue weighted by molar-refractivity contribution is 5.89. The fourth-order valence-electron chi connectivity index (χ4n) is 2.55. The zero-order valence-electron chi connectivity index (χ0n) is 12.7. The zero-order valence-corrected chi connectivity index (χ0v) is 12.7. The van der Waals surface area contributed by atoms with Crippen LogP contribution in [-0.2, 0) is 9.59 Å². The van der Waals surface area contributed by atoms with E-state index in [0.717, 1.165) is 32.2 Å². The number of carbonyl (C=O) groups excluding carboxylic acids is 2. The molecular formula is C14H27N3O3. The van der Waals surface area contributed by atoms with Gasteiger partial charge in [-0.15, -0.1) is 0 Å². The van der Waals surface area contributed by atoms with Crippen molar-refractivity contribution in [1.29, 1.82) is 0 Å². The average Bonchev–Trinajstić information content (AvgIpc) is 2.44. The first-order chi connectivity index (χ1) is 9.51. The Bertz CT molecular complexity index is 336. The molecule has 6 nitrogen and oxygen atoms in total. The van der Waals surface area contributed by atoms with E-state index in [0.29, 0.717) is 0 Å². The number of nitrogens with one attached hydrogen (secondary N) is 2. The van der Waals surface area contributed by atoms with E-state index < -0.39 is 12.8 Å². The van der Waals surface area contributed by atoms with Crippen LogP contribution in [0.15, 0.2) is 0 Å². The van der Waals surface area contributed by atoms with Crippen LogP contribution in [0.4, 0.5) is 0 Å². The van der Waals surface area contributed by atoms with Gasteiger partial charge in [0.15, 0.2) is 0 Å². The molecular weight excluding hydrogens is 258 g/mol. The number of likely N-dealkylation sites (N-methyl/N-ethyl adjacent to an activating group) is 1. The third kappa shape index (κ3) is 4.45. The van der Waals surface area contributed by atoms with Gasteiger partial charge in [0.05, 0.1) is 6.04 Å². The average molecular weight is 285 g/mol. The lowest BCUT2D eigenvalue weighted by Crippen LogP contribution is -2.56. The molecule has 3 atom stereocenters. The first-order valence-corrected chi connectivity index (χ1v) is 7.40. The molecule has 1 aliphatic rings. The molecule has 1 heterocycles. The van der Waals surface area contributed by atoms with Crippen LogP contribution in [0.3, 0.4) is 0 Å². The second kappa shape index (κ2) is 8.21. The fourth-order valence-corrected chi connectivity index (χ4v) is 2.55. The number of hydrogen-bond acceptors (Lipinski definition) is 4. The van der Waals surface area contributed by atoms with Gasteiger partial charge in [-0.3, -0.25) is 14.5 Å². The summed E-state index contributed by atoms with van der Waals surface area (Å²) in [7, 11) is 1.94. The second-order valence-electron chi connectivity index (χ2n) is 5.56. The topological polar surface area (TPSA) is 81.7 Å². The Hall–Kier alpha value is -1.14. The van der Waals surface area contributed by atoms with Gasteiger partial charge in [-0.2, -0.15) is 0 Å². The van der Waals surface area contributed by atoms with Gasteiger partial charge < -0.3 is 15.7 Å². The highest BCUT2D eigenvalue weighted by atomic mass is 16.3. The summed E-state index contributed by atoms with van der Waals surface area (Å²) in [6, 6.07) is -0.743. The summed E-state index contributed by atoms with van der Waals surface area (Å²) in [5.74, 6) is -0.390. The summed E-state index contributed by atoms with van der Waals surface area (Å²) in [6.45, 7) is 4.40. The minimum absolute atomic E-state index is 0.0272. The van der Waals surface area contributed by atoms with Gasteiger partial charge in [0.1, 0.15) is 12.8 Å². The van der Waals surface area contributed by atoms with Crippen LogP contribution in [0.5, 0.6) is 0 Å². The number of rotatable bonds is 6. The first kappa shape index (κ1) is 16.9. The molecule has 0 aliphatic carbocycles. The van der Waals surface area contributed by atoms with Gasteiger partial charge in [0.2, 0.25) is 11.8 Å². The van der Waals surface area contributed by atoms with E-state index in [9.17, 15) is 9.59 Å². The Kier molecular flexibility index (Phi) is 6.95. The van der Waals surface area contributed by atoms with Crippen LogP contribution in [0.25, 0.3) is 0 Å². The normalized spacial score (nSPS) is 22.9. The number of amides is 2. The molecule has 20 heavy (non-hydrogen) atoms. The molecule has 6 heteroatoms. The van der Waals surface area contributed by atoms with Crippen molar-refractivity contribution in [1.82, 2.24) is 15.5 Å². The molecule has 1 aliphatic heterocycles. The smallest absolute Gasteiger partial charge is 0.244 e. The van der Waals surface area contributed by atoms with Gasteiger partial charge in [0.25, 0.3) is 0 Å². The molecule has 0 aromatic rings. The quantitative estimate of drug-likeness (QED) is 0.603. The Morgan fingerprint density at radius 2 is 2.10 bits per heavy atom. The number of aliphatic hydroxyl groups excluding tert-OH is 1. The fraction of sp³-hybridized carbons (Fsp3) is 0.857. The molecule has 3 N–H and O–H groups in total. The third-order valence-electron chi connectivity index (χ3n) is 4.12. The van der Waals surface area contributed by atoms with Crippen LogP contribution in [0.1, 0.15) is 39.5 Å². The van der Waals surface area contributed by atoms with Crippen molar-refractivity contribution in [3.8, 4) is 0 Å². The summed E-state index contributed by atoms with van der Waals surface area (Å²) in [6.07, 6.45) is 3.76. The molecule has 0 saturated carbocycles. The number of carbonyl (C=O) groups is 2. The molecule has 0 aromatic heterocycles. The predicted octanol–water partition coefficient (Wildman–Crippen LogP) is 0.0676. The highest BCUT2D eigenvalue weighted by Crippen LogP contribution is 2.16. The maximum Gasteiger partial charge on any atom is 0.244 e. The first-order valence-electron chi connectivity index (χ1n) is 7.40. The second-order valence-corrected chi connectivity index (χ2v) is 5.56. The molecule has 0 bridgehead atoms. The van der Waals surface area contributed by atoms with E-state index in [1.54, 1.807) is 0 Å². The minimum Gasteiger partial charge on any atom is -0.376 e. The van der Waals surface area contributed by atoms with Crippen LogP contribution < -0.4 is 10.6 Å². The monoisotopic (exact) mass is 285 g/mol. The van der Waals surface area contributed by atoms with Crippen molar-refractivity contribution in [2.45, 2.75) is 51.6 Å². The van der Waals surface area contributed by atoms with E-state index >= 15 is 0 Å². The lowest BCUT2D eigenvalue weighted by molar-refractivity contribution is -0.134. The lowest BCUT2D eigenvalue weighted by atomic mass is 9.96. The van der Waals surface area contributed by atoms with Crippen LogP contribution in [-0.4, -0.2) is 54.2 Å².